The van der Waals surface area contributed by atoms with Crippen molar-refractivity contribution in [2.75, 3.05) is 24.5 Å². The summed E-state index contributed by atoms with van der Waals surface area (Å²) < 4.78 is 46.8. The van der Waals surface area contributed by atoms with Crippen molar-refractivity contribution in [3.63, 3.8) is 0 Å². The van der Waals surface area contributed by atoms with Gasteiger partial charge in [-0.3, -0.25) is 4.79 Å². The zero-order valence-corrected chi connectivity index (χ0v) is 24.5. The van der Waals surface area contributed by atoms with Gasteiger partial charge in [-0.25, -0.2) is 18.7 Å². The predicted octanol–water partition coefficient (Wildman–Crippen LogP) is 6.19. The smallest absolute Gasteiger partial charge is 0.387 e. The molecule has 1 aliphatic rings. The number of benzene rings is 2. The van der Waals surface area contributed by atoms with Gasteiger partial charge in [0.1, 0.15) is 17.4 Å². The van der Waals surface area contributed by atoms with E-state index in [4.69, 9.17) is 16.6 Å². The molecule has 3 heterocycles. The summed E-state index contributed by atoms with van der Waals surface area (Å²) >= 11 is 6.70. The quantitative estimate of drug-likeness (QED) is 0.232. The lowest BCUT2D eigenvalue weighted by Gasteiger charge is -2.40. The summed E-state index contributed by atoms with van der Waals surface area (Å²) in [6, 6.07) is 11.8. The van der Waals surface area contributed by atoms with Crippen LogP contribution in [0, 0.1) is 5.82 Å². The van der Waals surface area contributed by atoms with Crippen molar-refractivity contribution in [3.05, 3.63) is 88.1 Å². The Hall–Kier alpha value is -4.38. The monoisotopic (exact) mass is 611 g/mol. The van der Waals surface area contributed by atoms with E-state index in [1.54, 1.807) is 23.1 Å². The molecule has 0 spiro atoms. The molecule has 0 saturated carbocycles. The van der Waals surface area contributed by atoms with Crippen molar-refractivity contribution >= 4 is 34.4 Å². The van der Waals surface area contributed by atoms with Gasteiger partial charge in [0.2, 0.25) is 5.91 Å². The van der Waals surface area contributed by atoms with Gasteiger partial charge in [0, 0.05) is 31.2 Å². The molecule has 2 aromatic heterocycles. The molecule has 0 radical (unpaired) electrons. The molecule has 2 aromatic carbocycles. The SMILES string of the molecule is C=CC(=O)N1CCN(c2nc(=O)n(-c3ccccc3C(C)C)c3nc(-c4cc(OC(F)F)ccc4F)c(Cl)cc23)[C@@H](C)C1. The molecule has 5 rings (SSSR count). The van der Waals surface area contributed by atoms with Gasteiger partial charge in [0.15, 0.2) is 5.65 Å². The molecule has 0 N–H and O–H groups in total. The summed E-state index contributed by atoms with van der Waals surface area (Å²) in [4.78, 5) is 38.9. The summed E-state index contributed by atoms with van der Waals surface area (Å²) in [6.45, 7) is 7.44. The van der Waals surface area contributed by atoms with Crippen LogP contribution in [0.4, 0.5) is 19.0 Å². The number of alkyl halides is 2. The molecule has 12 heteroatoms. The molecular weight excluding hydrogens is 583 g/mol. The number of fused-ring (bicyclic) bond motifs is 1. The lowest BCUT2D eigenvalue weighted by Crippen LogP contribution is -2.54. The molecule has 1 fully saturated rings. The second-order valence-corrected chi connectivity index (χ2v) is 10.9. The number of halogens is 4. The van der Waals surface area contributed by atoms with Crippen LogP contribution in [0.3, 0.4) is 0 Å². The first-order chi connectivity index (χ1) is 20.5. The van der Waals surface area contributed by atoms with Gasteiger partial charge in [-0.1, -0.05) is 50.2 Å². The number of ether oxygens (including phenoxy) is 1. The fourth-order valence-corrected chi connectivity index (χ4v) is 5.63. The summed E-state index contributed by atoms with van der Waals surface area (Å²) in [5.74, 6) is -0.895. The number of hydrogen-bond acceptors (Lipinski definition) is 6. The van der Waals surface area contributed by atoms with Crippen LogP contribution in [0.5, 0.6) is 5.75 Å². The molecule has 1 amide bonds. The number of pyridine rings is 1. The third kappa shape index (κ3) is 5.81. The molecule has 1 atom stereocenters. The van der Waals surface area contributed by atoms with Gasteiger partial charge in [0.05, 0.1) is 21.8 Å². The maximum absolute atomic E-state index is 15.1. The lowest BCUT2D eigenvalue weighted by atomic mass is 10.0. The average molecular weight is 612 g/mol. The van der Waals surface area contributed by atoms with Crippen molar-refractivity contribution in [2.24, 2.45) is 0 Å². The summed E-state index contributed by atoms with van der Waals surface area (Å²) in [6.07, 6.45) is 1.26. The van der Waals surface area contributed by atoms with E-state index in [0.717, 1.165) is 23.8 Å². The van der Waals surface area contributed by atoms with Crippen LogP contribution in [0.25, 0.3) is 28.0 Å². The van der Waals surface area contributed by atoms with Crippen molar-refractivity contribution in [3.8, 4) is 22.7 Å². The zero-order chi connectivity index (χ0) is 31.0. The predicted molar refractivity (Wildman–Crippen MR) is 160 cm³/mol. The van der Waals surface area contributed by atoms with Gasteiger partial charge in [-0.15, -0.1) is 0 Å². The first-order valence-electron chi connectivity index (χ1n) is 13.7. The normalized spacial score (nSPS) is 15.4. The molecule has 0 bridgehead atoms. The van der Waals surface area contributed by atoms with Crippen LogP contribution in [0.1, 0.15) is 32.3 Å². The number of amides is 1. The summed E-state index contributed by atoms with van der Waals surface area (Å²) in [7, 11) is 0. The van der Waals surface area contributed by atoms with E-state index in [1.807, 2.05) is 37.8 Å². The minimum Gasteiger partial charge on any atom is -0.435 e. The number of carbonyl (C=O) groups excluding carboxylic acids is 1. The van der Waals surface area contributed by atoms with E-state index in [9.17, 15) is 18.4 Å². The third-order valence-corrected chi connectivity index (χ3v) is 7.69. The highest BCUT2D eigenvalue weighted by Crippen LogP contribution is 2.37. The van der Waals surface area contributed by atoms with E-state index in [1.165, 1.54) is 10.6 Å². The maximum atomic E-state index is 15.1. The first kappa shape index (κ1) is 30.1. The van der Waals surface area contributed by atoms with Crippen LogP contribution in [0.2, 0.25) is 5.02 Å². The Morgan fingerprint density at radius 2 is 1.88 bits per heavy atom. The highest BCUT2D eigenvalue weighted by molar-refractivity contribution is 6.34. The number of para-hydroxylation sites is 1. The largest absolute Gasteiger partial charge is 0.435 e. The maximum Gasteiger partial charge on any atom is 0.387 e. The standard InChI is InChI=1S/C31H29ClF3N5O3/c1-5-26(41)38-12-13-39(18(4)16-38)28-22-15-23(32)27(21-14-19(43-30(34)35)10-11-24(21)33)36-29(22)40(31(42)37-28)25-9-7-6-8-20(25)17(2)3/h5-11,14-15,17-18,30H,1,12-13,16H2,2-4H3/t18-/m0/s1. The molecule has 1 aliphatic heterocycles. The number of aromatic nitrogens is 3. The second kappa shape index (κ2) is 12.1. The molecule has 224 valence electrons. The summed E-state index contributed by atoms with van der Waals surface area (Å²) in [5, 5.41) is 0.432. The Morgan fingerprint density at radius 3 is 2.56 bits per heavy atom. The Labute approximate surface area is 251 Å². The number of piperazine rings is 1. The van der Waals surface area contributed by atoms with E-state index in [0.29, 0.717) is 36.5 Å². The first-order valence-corrected chi connectivity index (χ1v) is 14.0. The van der Waals surface area contributed by atoms with Crippen molar-refractivity contribution in [2.45, 2.75) is 39.3 Å². The van der Waals surface area contributed by atoms with E-state index < -0.39 is 18.1 Å². The second-order valence-electron chi connectivity index (χ2n) is 10.5. The highest BCUT2D eigenvalue weighted by Gasteiger charge is 2.30. The third-order valence-electron chi connectivity index (χ3n) is 7.41. The van der Waals surface area contributed by atoms with Crippen molar-refractivity contribution < 1.29 is 22.7 Å². The number of rotatable bonds is 7. The van der Waals surface area contributed by atoms with Gasteiger partial charge < -0.3 is 14.5 Å². The molecule has 0 unspecified atom stereocenters. The topological polar surface area (TPSA) is 80.6 Å². The Morgan fingerprint density at radius 1 is 1.14 bits per heavy atom. The molecule has 8 nitrogen and oxygen atoms in total. The molecule has 0 aliphatic carbocycles. The van der Waals surface area contributed by atoms with Crippen LogP contribution in [-0.2, 0) is 4.79 Å². The molecule has 43 heavy (non-hydrogen) atoms. The fraction of sp³-hybridized carbons (Fsp3) is 0.290. The molecular formula is C31H29ClF3N5O3. The number of nitrogens with zero attached hydrogens (tertiary/aromatic N) is 5. The number of hydrogen-bond donors (Lipinski definition) is 0. The lowest BCUT2D eigenvalue weighted by molar-refractivity contribution is -0.126. The Balaban J connectivity index is 1.78. The minimum absolute atomic E-state index is 0.0131. The van der Waals surface area contributed by atoms with Gasteiger partial charge in [-0.05, 0) is 54.8 Å². The average Bonchev–Trinajstić information content (AvgIpc) is 2.97. The number of anilines is 1. The Bertz CT molecular complexity index is 1780. The molecule has 4 aromatic rings. The Kier molecular flexibility index (Phi) is 8.45. The fourth-order valence-electron chi connectivity index (χ4n) is 5.37. The van der Waals surface area contributed by atoms with Crippen molar-refractivity contribution in [1.29, 1.82) is 0 Å². The van der Waals surface area contributed by atoms with Gasteiger partial charge >= 0.3 is 12.3 Å². The van der Waals surface area contributed by atoms with Crippen LogP contribution in [0.15, 0.2) is 66.0 Å². The number of carbonyl (C=O) groups is 1. The van der Waals surface area contributed by atoms with E-state index >= 15 is 4.39 Å². The van der Waals surface area contributed by atoms with Gasteiger partial charge in [-0.2, -0.15) is 13.8 Å². The highest BCUT2D eigenvalue weighted by atomic mass is 35.5. The van der Waals surface area contributed by atoms with Crippen molar-refractivity contribution in [1.82, 2.24) is 19.4 Å². The van der Waals surface area contributed by atoms with E-state index in [2.05, 4.69) is 16.3 Å². The van der Waals surface area contributed by atoms with Crippen LogP contribution in [-0.4, -0.2) is 57.6 Å². The van der Waals surface area contributed by atoms with Gasteiger partial charge in [0.25, 0.3) is 0 Å². The zero-order valence-electron chi connectivity index (χ0n) is 23.7. The minimum atomic E-state index is -3.12. The summed E-state index contributed by atoms with van der Waals surface area (Å²) in [5.41, 5.74) is 0.680. The van der Waals surface area contributed by atoms with Crippen LogP contribution < -0.4 is 15.3 Å². The molecule has 1 saturated heterocycles. The van der Waals surface area contributed by atoms with Crippen LogP contribution >= 0.6 is 11.6 Å². The van der Waals surface area contributed by atoms with E-state index in [-0.39, 0.29) is 45.5 Å².